The fourth-order valence-electron chi connectivity index (χ4n) is 3.38. The number of halogens is 1. The minimum Gasteiger partial charge on any atom is -0.465 e. The second kappa shape index (κ2) is 7.34. The summed E-state index contributed by atoms with van der Waals surface area (Å²) in [5.41, 5.74) is 9.39. The maximum Gasteiger partial charge on any atom is 0.337 e. The lowest BCUT2D eigenvalue weighted by Crippen LogP contribution is -2.21. The van der Waals surface area contributed by atoms with Gasteiger partial charge in [0.05, 0.1) is 29.8 Å². The van der Waals surface area contributed by atoms with E-state index in [0.29, 0.717) is 21.8 Å². The summed E-state index contributed by atoms with van der Waals surface area (Å²) in [6.07, 6.45) is 0. The number of nitriles is 1. The summed E-state index contributed by atoms with van der Waals surface area (Å²) in [7, 11) is 1.32. The lowest BCUT2D eigenvalue weighted by molar-refractivity contribution is 0.0600. The highest BCUT2D eigenvalue weighted by Crippen LogP contribution is 2.46. The number of carbonyl (C=O) groups is 1. The van der Waals surface area contributed by atoms with Crippen molar-refractivity contribution in [2.45, 2.75) is 5.92 Å². The summed E-state index contributed by atoms with van der Waals surface area (Å²) in [6.45, 7) is 0. The third kappa shape index (κ3) is 3.10. The molecule has 0 saturated heterocycles. The largest absolute Gasteiger partial charge is 0.465 e. The van der Waals surface area contributed by atoms with Gasteiger partial charge < -0.3 is 15.2 Å². The van der Waals surface area contributed by atoms with Crippen molar-refractivity contribution in [1.29, 1.82) is 5.26 Å². The van der Waals surface area contributed by atoms with Crippen molar-refractivity contribution in [3.63, 3.8) is 0 Å². The summed E-state index contributed by atoms with van der Waals surface area (Å²) in [6, 6.07) is 16.2. The monoisotopic (exact) mass is 406 g/mol. The predicted octanol–water partition coefficient (Wildman–Crippen LogP) is 3.73. The van der Waals surface area contributed by atoms with Crippen LogP contribution in [-0.2, 0) is 4.74 Å². The van der Waals surface area contributed by atoms with E-state index in [1.54, 1.807) is 30.3 Å². The summed E-state index contributed by atoms with van der Waals surface area (Å²) in [5.74, 6) is -0.724. The van der Waals surface area contributed by atoms with Gasteiger partial charge in [-0.1, -0.05) is 41.9 Å². The molecule has 8 heteroatoms. The standard InChI is InChI=1S/C21H15ClN4O3/c1-28-21(27)12-8-6-11(7-9-12)16-14(10-23)19(24)29-20-17(16)18(25-26-20)13-4-2-3-5-15(13)22/h2-9,16H,24H2,1H3,(H,25,26). The Balaban J connectivity index is 1.90. The van der Waals surface area contributed by atoms with Gasteiger partial charge in [0.25, 0.3) is 0 Å². The van der Waals surface area contributed by atoms with Gasteiger partial charge in [0, 0.05) is 10.6 Å². The molecule has 1 aliphatic rings. The molecule has 29 heavy (non-hydrogen) atoms. The average molecular weight is 407 g/mol. The molecule has 1 aliphatic heterocycles. The smallest absolute Gasteiger partial charge is 0.337 e. The number of benzene rings is 2. The zero-order valence-corrected chi connectivity index (χ0v) is 16.0. The Hall–Kier alpha value is -3.76. The summed E-state index contributed by atoms with van der Waals surface area (Å²) in [4.78, 5) is 11.8. The SMILES string of the molecule is COC(=O)c1ccc(C2C(C#N)=C(N)Oc3n[nH]c(-c4ccccc4Cl)c32)cc1. The van der Waals surface area contributed by atoms with Crippen LogP contribution in [0.15, 0.2) is 60.0 Å². The number of aromatic nitrogens is 2. The Kier molecular flexibility index (Phi) is 4.71. The highest BCUT2D eigenvalue weighted by atomic mass is 35.5. The molecule has 144 valence electrons. The number of aromatic amines is 1. The number of esters is 1. The highest BCUT2D eigenvalue weighted by Gasteiger charge is 2.36. The molecule has 0 spiro atoms. The number of allylic oxidation sites excluding steroid dienone is 1. The third-order valence-electron chi connectivity index (χ3n) is 4.75. The number of rotatable bonds is 3. The molecule has 1 aromatic heterocycles. The van der Waals surface area contributed by atoms with Gasteiger partial charge in [-0.25, -0.2) is 4.79 Å². The molecule has 0 fully saturated rings. The Morgan fingerprint density at radius 3 is 2.66 bits per heavy atom. The number of fused-ring (bicyclic) bond motifs is 1. The molecule has 0 bridgehead atoms. The van der Waals surface area contributed by atoms with Gasteiger partial charge in [-0.05, 0) is 23.8 Å². The van der Waals surface area contributed by atoms with Crippen LogP contribution in [0.2, 0.25) is 5.02 Å². The molecule has 0 radical (unpaired) electrons. The topological polar surface area (TPSA) is 114 Å². The second-order valence-electron chi connectivity index (χ2n) is 6.34. The first-order chi connectivity index (χ1) is 14.0. The maximum absolute atomic E-state index is 11.8. The quantitative estimate of drug-likeness (QED) is 0.640. The number of nitrogens with one attached hydrogen (secondary N) is 1. The van der Waals surface area contributed by atoms with Gasteiger partial charge >= 0.3 is 5.97 Å². The van der Waals surface area contributed by atoms with E-state index in [4.69, 9.17) is 26.8 Å². The van der Waals surface area contributed by atoms with Gasteiger partial charge in [-0.2, -0.15) is 5.26 Å². The minimum absolute atomic E-state index is 0.0146. The van der Waals surface area contributed by atoms with Crippen LogP contribution < -0.4 is 10.5 Å². The zero-order chi connectivity index (χ0) is 20.5. The molecule has 1 unspecified atom stereocenters. The van der Waals surface area contributed by atoms with Gasteiger partial charge in [-0.15, -0.1) is 5.10 Å². The van der Waals surface area contributed by atoms with Crippen LogP contribution >= 0.6 is 11.6 Å². The number of nitrogens with zero attached hydrogens (tertiary/aromatic N) is 2. The predicted molar refractivity (Wildman–Crippen MR) is 106 cm³/mol. The van der Waals surface area contributed by atoms with E-state index < -0.39 is 11.9 Å². The normalized spacial score (nSPS) is 15.3. The van der Waals surface area contributed by atoms with Crippen molar-refractivity contribution in [1.82, 2.24) is 10.2 Å². The minimum atomic E-state index is -0.541. The Labute approximate surface area is 171 Å². The molecule has 2 aromatic carbocycles. The van der Waals surface area contributed by atoms with Crippen LogP contribution in [0.5, 0.6) is 5.88 Å². The number of nitrogens with two attached hydrogens (primary N) is 1. The first kappa shape index (κ1) is 18.6. The molecular formula is C21H15ClN4O3. The van der Waals surface area contributed by atoms with Crippen LogP contribution in [-0.4, -0.2) is 23.3 Å². The van der Waals surface area contributed by atoms with Gasteiger partial charge in [0.15, 0.2) is 0 Å². The van der Waals surface area contributed by atoms with Crippen LogP contribution in [0.1, 0.15) is 27.4 Å². The average Bonchev–Trinajstić information content (AvgIpc) is 3.15. The van der Waals surface area contributed by atoms with E-state index in [0.717, 1.165) is 11.1 Å². The first-order valence-corrected chi connectivity index (χ1v) is 9.02. The summed E-state index contributed by atoms with van der Waals surface area (Å²) in [5, 5.41) is 17.5. The Morgan fingerprint density at radius 2 is 2.00 bits per heavy atom. The molecule has 7 nitrogen and oxygen atoms in total. The lowest BCUT2D eigenvalue weighted by Gasteiger charge is -2.24. The summed E-state index contributed by atoms with van der Waals surface area (Å²) < 4.78 is 10.3. The van der Waals surface area contributed by atoms with Crippen LogP contribution in [0.25, 0.3) is 11.3 Å². The first-order valence-electron chi connectivity index (χ1n) is 8.64. The second-order valence-corrected chi connectivity index (χ2v) is 6.74. The van der Waals surface area contributed by atoms with Crippen LogP contribution in [0.4, 0.5) is 0 Å². The summed E-state index contributed by atoms with van der Waals surface area (Å²) >= 11 is 6.38. The number of methoxy groups -OCH3 is 1. The van der Waals surface area contributed by atoms with Gasteiger partial charge in [0.1, 0.15) is 11.6 Å². The number of H-pyrrole nitrogens is 1. The van der Waals surface area contributed by atoms with Gasteiger partial charge in [-0.3, -0.25) is 5.10 Å². The van der Waals surface area contributed by atoms with Crippen molar-refractivity contribution in [2.75, 3.05) is 7.11 Å². The number of carbonyl (C=O) groups excluding carboxylic acids is 1. The van der Waals surface area contributed by atoms with Crippen LogP contribution in [0.3, 0.4) is 0 Å². The fourth-order valence-corrected chi connectivity index (χ4v) is 3.61. The Bertz CT molecular complexity index is 1180. The lowest BCUT2D eigenvalue weighted by atomic mass is 9.83. The van der Waals surface area contributed by atoms with Crippen molar-refractivity contribution < 1.29 is 14.3 Å². The van der Waals surface area contributed by atoms with Crippen molar-refractivity contribution in [2.24, 2.45) is 5.73 Å². The molecule has 4 rings (SSSR count). The molecule has 0 saturated carbocycles. The van der Waals surface area contributed by atoms with E-state index in [2.05, 4.69) is 16.3 Å². The number of hydrogen-bond acceptors (Lipinski definition) is 6. The zero-order valence-electron chi connectivity index (χ0n) is 15.3. The van der Waals surface area contributed by atoms with Gasteiger partial charge in [0.2, 0.25) is 11.8 Å². The van der Waals surface area contributed by atoms with E-state index in [9.17, 15) is 10.1 Å². The molecule has 1 atom stereocenters. The van der Waals surface area contributed by atoms with E-state index in [-0.39, 0.29) is 17.3 Å². The number of ether oxygens (including phenoxy) is 2. The molecular weight excluding hydrogens is 392 g/mol. The van der Waals surface area contributed by atoms with Crippen molar-refractivity contribution in [3.8, 4) is 23.2 Å². The van der Waals surface area contributed by atoms with E-state index >= 15 is 0 Å². The maximum atomic E-state index is 11.8. The molecule has 2 heterocycles. The van der Waals surface area contributed by atoms with E-state index in [1.165, 1.54) is 7.11 Å². The molecule has 3 aromatic rings. The number of hydrogen-bond donors (Lipinski definition) is 2. The molecule has 3 N–H and O–H groups in total. The van der Waals surface area contributed by atoms with E-state index in [1.807, 2.05) is 18.2 Å². The van der Waals surface area contributed by atoms with Crippen molar-refractivity contribution >= 4 is 17.6 Å². The highest BCUT2D eigenvalue weighted by molar-refractivity contribution is 6.33. The Morgan fingerprint density at radius 1 is 1.28 bits per heavy atom. The van der Waals surface area contributed by atoms with Crippen LogP contribution in [0, 0.1) is 11.3 Å². The fraction of sp³-hybridized carbons (Fsp3) is 0.0952. The van der Waals surface area contributed by atoms with Crippen molar-refractivity contribution in [3.05, 3.63) is 81.7 Å². The molecule has 0 amide bonds. The third-order valence-corrected chi connectivity index (χ3v) is 5.08. The molecule has 0 aliphatic carbocycles.